The minimum Gasteiger partial charge on any atom is -0.463 e. The molecular formula is C36H49N3O8. The zero-order valence-corrected chi connectivity index (χ0v) is 27.1. The molecule has 11 heteroatoms. The number of cyclic esters (lactones) is 1. The Labute approximate surface area is 277 Å². The van der Waals surface area contributed by atoms with E-state index < -0.39 is 18.1 Å². The van der Waals surface area contributed by atoms with E-state index in [0.717, 1.165) is 11.1 Å². The van der Waals surface area contributed by atoms with Crippen molar-refractivity contribution in [1.29, 1.82) is 0 Å². The van der Waals surface area contributed by atoms with E-state index in [2.05, 4.69) is 16.0 Å². The number of amides is 3. The van der Waals surface area contributed by atoms with Crippen LogP contribution in [-0.4, -0.2) is 74.5 Å². The van der Waals surface area contributed by atoms with Crippen LogP contribution < -0.4 is 16.0 Å². The van der Waals surface area contributed by atoms with Crippen molar-refractivity contribution in [2.75, 3.05) is 39.5 Å². The van der Waals surface area contributed by atoms with Crippen molar-refractivity contribution in [1.82, 2.24) is 16.0 Å². The summed E-state index contributed by atoms with van der Waals surface area (Å²) in [4.78, 5) is 51.4. The fourth-order valence-electron chi connectivity index (χ4n) is 5.18. The smallest absolute Gasteiger partial charge is 0.407 e. The van der Waals surface area contributed by atoms with Crippen LogP contribution in [0.1, 0.15) is 56.1 Å². The van der Waals surface area contributed by atoms with Gasteiger partial charge in [0.25, 0.3) is 0 Å². The van der Waals surface area contributed by atoms with Gasteiger partial charge in [-0.3, -0.25) is 14.4 Å². The van der Waals surface area contributed by atoms with Gasteiger partial charge in [0.05, 0.1) is 37.7 Å². The fourth-order valence-corrected chi connectivity index (χ4v) is 5.18. The summed E-state index contributed by atoms with van der Waals surface area (Å²) in [6.07, 6.45) is 7.31. The molecule has 3 rings (SSSR count). The quantitative estimate of drug-likeness (QED) is 0.121. The van der Waals surface area contributed by atoms with E-state index in [4.69, 9.17) is 19.3 Å². The Morgan fingerprint density at radius 3 is 2.38 bits per heavy atom. The number of hydrogen-bond donors (Lipinski definition) is 4. The van der Waals surface area contributed by atoms with E-state index >= 15 is 0 Å². The van der Waals surface area contributed by atoms with Gasteiger partial charge in [-0.1, -0.05) is 72.8 Å². The summed E-state index contributed by atoms with van der Waals surface area (Å²) in [6.45, 7) is 1.23. The molecule has 3 unspecified atom stereocenters. The second kappa shape index (κ2) is 22.3. The average Bonchev–Trinajstić information content (AvgIpc) is 3.09. The predicted molar refractivity (Wildman–Crippen MR) is 177 cm³/mol. The molecule has 3 atom stereocenters. The van der Waals surface area contributed by atoms with Crippen LogP contribution in [0.4, 0.5) is 4.79 Å². The zero-order valence-electron chi connectivity index (χ0n) is 27.1. The summed E-state index contributed by atoms with van der Waals surface area (Å²) in [6, 6.07) is 18.8. The van der Waals surface area contributed by atoms with E-state index in [1.54, 1.807) is 0 Å². The average molecular weight is 652 g/mol. The van der Waals surface area contributed by atoms with E-state index in [9.17, 15) is 19.2 Å². The van der Waals surface area contributed by atoms with Crippen LogP contribution in [0, 0.1) is 11.8 Å². The van der Waals surface area contributed by atoms with E-state index in [0.29, 0.717) is 51.5 Å². The first-order chi connectivity index (χ1) is 22.9. The zero-order chi connectivity index (χ0) is 33.5. The lowest BCUT2D eigenvalue weighted by molar-refractivity contribution is -0.150. The standard InChI is InChI=1S/C36H49N3O8/c40-21-23-45-22-20-37-33(41)25-30-16-8-3-9-17-31(24-28-12-4-1-5-13-28)35(43)46-27-32(39-34(30)42)18-10-11-19-38-36(44)47-26-29-14-6-2-7-15-29/h1-8,12-15,30-32,40H,9-11,16-27H2,(H,37,41)(H,38,44)(H,39,42). The number of esters is 1. The minimum absolute atomic E-state index is 0.00563. The third-order valence-corrected chi connectivity index (χ3v) is 7.77. The molecule has 2 aromatic rings. The summed E-state index contributed by atoms with van der Waals surface area (Å²) in [5.41, 5.74) is 1.95. The van der Waals surface area contributed by atoms with Crippen LogP contribution in [-0.2, 0) is 41.6 Å². The Kier molecular flexibility index (Phi) is 17.7. The van der Waals surface area contributed by atoms with Crippen molar-refractivity contribution < 1.29 is 38.5 Å². The topological polar surface area (TPSA) is 152 Å². The third-order valence-electron chi connectivity index (χ3n) is 7.77. The lowest BCUT2D eigenvalue weighted by atomic mass is 9.94. The monoisotopic (exact) mass is 651 g/mol. The predicted octanol–water partition coefficient (Wildman–Crippen LogP) is 3.84. The molecule has 0 fully saturated rings. The number of ether oxygens (including phenoxy) is 3. The molecule has 0 radical (unpaired) electrons. The lowest BCUT2D eigenvalue weighted by Gasteiger charge is -2.23. The number of unbranched alkanes of at least 4 members (excludes halogenated alkanes) is 1. The normalized spacial score (nSPS) is 18.9. The van der Waals surface area contributed by atoms with Crippen molar-refractivity contribution in [2.45, 2.75) is 64.0 Å². The third kappa shape index (κ3) is 15.8. The van der Waals surface area contributed by atoms with Gasteiger partial charge in [0.15, 0.2) is 0 Å². The first-order valence-electron chi connectivity index (χ1n) is 16.5. The highest BCUT2D eigenvalue weighted by atomic mass is 16.5. The van der Waals surface area contributed by atoms with Crippen molar-refractivity contribution >= 4 is 23.9 Å². The highest BCUT2D eigenvalue weighted by molar-refractivity contribution is 5.86. The van der Waals surface area contributed by atoms with E-state index in [1.807, 2.05) is 72.8 Å². The van der Waals surface area contributed by atoms with Gasteiger partial charge >= 0.3 is 12.1 Å². The minimum atomic E-state index is -0.607. The second-order valence-electron chi connectivity index (χ2n) is 11.6. The highest BCUT2D eigenvalue weighted by Gasteiger charge is 2.26. The van der Waals surface area contributed by atoms with Crippen LogP contribution in [0.3, 0.4) is 0 Å². The Bertz CT molecular complexity index is 1240. The van der Waals surface area contributed by atoms with Crippen LogP contribution in [0.15, 0.2) is 72.8 Å². The number of carbonyl (C=O) groups excluding carboxylic acids is 4. The number of aliphatic hydroxyl groups excluding tert-OH is 1. The molecule has 47 heavy (non-hydrogen) atoms. The Morgan fingerprint density at radius 2 is 1.64 bits per heavy atom. The van der Waals surface area contributed by atoms with E-state index in [-0.39, 0.29) is 69.7 Å². The Hall–Kier alpha value is -4.22. The maximum Gasteiger partial charge on any atom is 0.407 e. The molecule has 1 heterocycles. The Balaban J connectivity index is 1.57. The molecule has 256 valence electrons. The maximum atomic E-state index is 13.4. The van der Waals surface area contributed by atoms with E-state index in [1.165, 1.54) is 0 Å². The summed E-state index contributed by atoms with van der Waals surface area (Å²) in [5, 5.41) is 17.4. The van der Waals surface area contributed by atoms with Crippen LogP contribution in [0.2, 0.25) is 0 Å². The molecule has 2 aromatic carbocycles. The highest BCUT2D eigenvalue weighted by Crippen LogP contribution is 2.19. The number of rotatable bonds is 16. The molecule has 0 bridgehead atoms. The fraction of sp³-hybridized carbons (Fsp3) is 0.500. The van der Waals surface area contributed by atoms with Gasteiger partial charge in [-0.2, -0.15) is 0 Å². The van der Waals surface area contributed by atoms with Crippen LogP contribution in [0.5, 0.6) is 0 Å². The molecule has 0 aliphatic carbocycles. The summed E-state index contributed by atoms with van der Waals surface area (Å²) in [5.74, 6) is -1.80. The maximum absolute atomic E-state index is 13.4. The summed E-state index contributed by atoms with van der Waals surface area (Å²) in [7, 11) is 0. The second-order valence-corrected chi connectivity index (χ2v) is 11.6. The van der Waals surface area contributed by atoms with Crippen molar-refractivity contribution in [3.05, 3.63) is 83.9 Å². The van der Waals surface area contributed by atoms with Crippen molar-refractivity contribution in [2.24, 2.45) is 11.8 Å². The van der Waals surface area contributed by atoms with Crippen molar-refractivity contribution in [3.8, 4) is 0 Å². The Morgan fingerprint density at radius 1 is 0.894 bits per heavy atom. The summed E-state index contributed by atoms with van der Waals surface area (Å²) < 4.78 is 16.2. The van der Waals surface area contributed by atoms with Gasteiger partial charge in [0.2, 0.25) is 11.8 Å². The SMILES string of the molecule is O=C(CC1CC=CCCC(Cc2ccccc2)C(=O)OCC(CCCCNC(=O)OCc2ccccc2)NC1=O)NCCOCCO. The lowest BCUT2D eigenvalue weighted by Crippen LogP contribution is -2.43. The van der Waals surface area contributed by atoms with Crippen LogP contribution >= 0.6 is 0 Å². The number of nitrogens with one attached hydrogen (secondary N) is 3. The molecule has 11 nitrogen and oxygen atoms in total. The number of aliphatic hydroxyl groups is 1. The molecule has 0 spiro atoms. The molecule has 0 saturated heterocycles. The molecule has 4 N–H and O–H groups in total. The van der Waals surface area contributed by atoms with Gasteiger partial charge in [0.1, 0.15) is 13.2 Å². The van der Waals surface area contributed by atoms with Gasteiger partial charge in [-0.05, 0) is 56.1 Å². The molecule has 1 aliphatic heterocycles. The molecule has 1 aliphatic rings. The largest absolute Gasteiger partial charge is 0.463 e. The summed E-state index contributed by atoms with van der Waals surface area (Å²) >= 11 is 0. The first kappa shape index (κ1) is 37.2. The molecule has 3 amide bonds. The van der Waals surface area contributed by atoms with Crippen molar-refractivity contribution in [3.63, 3.8) is 0 Å². The van der Waals surface area contributed by atoms with Gasteiger partial charge < -0.3 is 35.3 Å². The van der Waals surface area contributed by atoms with Gasteiger partial charge in [-0.15, -0.1) is 0 Å². The molecule has 0 aromatic heterocycles. The van der Waals surface area contributed by atoms with Gasteiger partial charge in [-0.25, -0.2) is 4.79 Å². The molecular weight excluding hydrogens is 602 g/mol. The first-order valence-corrected chi connectivity index (χ1v) is 16.5. The number of alkyl carbamates (subject to hydrolysis) is 1. The van der Waals surface area contributed by atoms with Gasteiger partial charge in [0, 0.05) is 19.5 Å². The number of allylic oxidation sites excluding steroid dienone is 2. The molecule has 0 saturated carbocycles. The number of carbonyl (C=O) groups is 4. The number of benzene rings is 2. The van der Waals surface area contributed by atoms with Crippen LogP contribution in [0.25, 0.3) is 0 Å². The number of hydrogen-bond acceptors (Lipinski definition) is 8.